The first-order valence-corrected chi connectivity index (χ1v) is 6.21. The van der Waals surface area contributed by atoms with E-state index in [1.54, 1.807) is 6.92 Å². The van der Waals surface area contributed by atoms with Gasteiger partial charge in [-0.2, -0.15) is 0 Å². The molecule has 0 saturated carbocycles. The van der Waals surface area contributed by atoms with E-state index in [0.29, 0.717) is 12.5 Å². The summed E-state index contributed by atoms with van der Waals surface area (Å²) in [6.45, 7) is 7.24. The summed E-state index contributed by atoms with van der Waals surface area (Å²) >= 11 is 0. The largest absolute Gasteiger partial charge is 0.468 e. The Hall–Kier alpha value is -0.650. The first-order valence-electron chi connectivity index (χ1n) is 6.21. The number of carbonyl (C=O) groups excluding carboxylic acids is 1. The van der Waals surface area contributed by atoms with Gasteiger partial charge in [0.05, 0.1) is 19.8 Å². The molecule has 0 amide bonds. The zero-order chi connectivity index (χ0) is 12.9. The van der Waals surface area contributed by atoms with Crippen LogP contribution in [0.2, 0.25) is 0 Å². The average molecular weight is 244 g/mol. The molecule has 5 heteroatoms. The number of methoxy groups -OCH3 is 1. The van der Waals surface area contributed by atoms with Gasteiger partial charge >= 0.3 is 5.97 Å². The fourth-order valence-electron chi connectivity index (χ4n) is 1.96. The van der Waals surface area contributed by atoms with Crippen LogP contribution in [0.3, 0.4) is 0 Å². The first-order chi connectivity index (χ1) is 7.99. The molecule has 1 saturated heterocycles. The van der Waals surface area contributed by atoms with E-state index in [0.717, 1.165) is 32.7 Å². The molecule has 1 aliphatic rings. The van der Waals surface area contributed by atoms with Crippen LogP contribution in [0.25, 0.3) is 0 Å². The Kier molecular flexibility index (Phi) is 5.36. The van der Waals surface area contributed by atoms with E-state index >= 15 is 0 Å². The molecule has 1 rings (SSSR count). The Labute approximate surface area is 103 Å². The molecule has 0 aromatic rings. The number of carbonyl (C=O) groups is 1. The van der Waals surface area contributed by atoms with Gasteiger partial charge in [0.2, 0.25) is 0 Å². The van der Waals surface area contributed by atoms with Crippen molar-refractivity contribution in [3.8, 4) is 0 Å². The van der Waals surface area contributed by atoms with Gasteiger partial charge in [0.25, 0.3) is 0 Å². The number of hydrogen-bond donors (Lipinski definition) is 1. The summed E-state index contributed by atoms with van der Waals surface area (Å²) in [5.74, 6) is -0.349. The highest BCUT2D eigenvalue weighted by molar-refractivity contribution is 5.79. The third kappa shape index (κ3) is 4.26. The Morgan fingerprint density at radius 3 is 2.94 bits per heavy atom. The van der Waals surface area contributed by atoms with Crippen molar-refractivity contribution in [2.75, 3.05) is 33.4 Å². The molecule has 2 unspecified atom stereocenters. The summed E-state index contributed by atoms with van der Waals surface area (Å²) in [6, 6.07) is 0. The van der Waals surface area contributed by atoms with Crippen LogP contribution in [0.4, 0.5) is 0 Å². The second-order valence-corrected chi connectivity index (χ2v) is 4.86. The molecule has 1 aliphatic heterocycles. The third-order valence-electron chi connectivity index (χ3n) is 3.28. The molecule has 0 aromatic carbocycles. The molecule has 0 radical (unpaired) electrons. The quantitative estimate of drug-likeness (QED) is 0.708. The predicted molar refractivity (Wildman–Crippen MR) is 65.7 cm³/mol. The maximum absolute atomic E-state index is 11.4. The van der Waals surface area contributed by atoms with Crippen molar-refractivity contribution in [1.82, 2.24) is 4.90 Å². The molecule has 1 heterocycles. The number of rotatable bonds is 5. The second-order valence-electron chi connectivity index (χ2n) is 4.86. The van der Waals surface area contributed by atoms with Gasteiger partial charge in [-0.25, -0.2) is 0 Å². The summed E-state index contributed by atoms with van der Waals surface area (Å²) in [5, 5.41) is 0. The van der Waals surface area contributed by atoms with Crippen molar-refractivity contribution in [3.05, 3.63) is 0 Å². The number of hydrogen-bond acceptors (Lipinski definition) is 5. The standard InChI is InChI=1S/C12H24N2O3/c1-4-10-9-14(7-8-17-10)6-5-12(2,13)11(15)16-3/h10H,4-9,13H2,1-3H3. The summed E-state index contributed by atoms with van der Waals surface area (Å²) in [4.78, 5) is 13.7. The van der Waals surface area contributed by atoms with E-state index < -0.39 is 5.54 Å². The van der Waals surface area contributed by atoms with Gasteiger partial charge < -0.3 is 15.2 Å². The van der Waals surface area contributed by atoms with E-state index in [1.165, 1.54) is 7.11 Å². The van der Waals surface area contributed by atoms with Crippen molar-refractivity contribution >= 4 is 5.97 Å². The SMILES string of the molecule is CCC1CN(CCC(C)(N)C(=O)OC)CCO1. The van der Waals surface area contributed by atoms with Crippen molar-refractivity contribution in [2.45, 2.75) is 38.3 Å². The molecular formula is C12H24N2O3. The number of nitrogens with two attached hydrogens (primary N) is 1. The minimum atomic E-state index is -0.894. The molecule has 0 spiro atoms. The zero-order valence-corrected chi connectivity index (χ0v) is 11.1. The summed E-state index contributed by atoms with van der Waals surface area (Å²) in [5.41, 5.74) is 5.03. The Morgan fingerprint density at radius 2 is 2.35 bits per heavy atom. The van der Waals surface area contributed by atoms with Crippen molar-refractivity contribution in [3.63, 3.8) is 0 Å². The van der Waals surface area contributed by atoms with Crippen LogP contribution in [-0.2, 0) is 14.3 Å². The highest BCUT2D eigenvalue weighted by atomic mass is 16.5. The van der Waals surface area contributed by atoms with Gasteiger partial charge in [-0.1, -0.05) is 6.92 Å². The van der Waals surface area contributed by atoms with Crippen molar-refractivity contribution in [1.29, 1.82) is 0 Å². The first kappa shape index (κ1) is 14.4. The summed E-state index contributed by atoms with van der Waals surface area (Å²) in [6.07, 6.45) is 1.94. The van der Waals surface area contributed by atoms with Gasteiger partial charge in [0.1, 0.15) is 5.54 Å². The van der Waals surface area contributed by atoms with Crippen LogP contribution in [-0.4, -0.2) is 55.9 Å². The van der Waals surface area contributed by atoms with Crippen LogP contribution in [0.5, 0.6) is 0 Å². The average Bonchev–Trinajstić information content (AvgIpc) is 2.35. The molecule has 100 valence electrons. The van der Waals surface area contributed by atoms with E-state index in [-0.39, 0.29) is 5.97 Å². The van der Waals surface area contributed by atoms with Gasteiger partial charge in [0, 0.05) is 19.6 Å². The molecule has 17 heavy (non-hydrogen) atoms. The Morgan fingerprint density at radius 1 is 1.65 bits per heavy atom. The minimum absolute atomic E-state index is 0.311. The second kappa shape index (κ2) is 6.33. The molecule has 5 nitrogen and oxygen atoms in total. The van der Waals surface area contributed by atoms with E-state index in [4.69, 9.17) is 15.2 Å². The number of esters is 1. The number of ether oxygens (including phenoxy) is 2. The van der Waals surface area contributed by atoms with Crippen molar-refractivity contribution < 1.29 is 14.3 Å². The zero-order valence-electron chi connectivity index (χ0n) is 11.1. The lowest BCUT2D eigenvalue weighted by atomic mass is 9.99. The highest BCUT2D eigenvalue weighted by Crippen LogP contribution is 2.13. The molecule has 2 atom stereocenters. The van der Waals surface area contributed by atoms with Gasteiger partial charge in [-0.15, -0.1) is 0 Å². The fourth-order valence-corrected chi connectivity index (χ4v) is 1.96. The monoisotopic (exact) mass is 244 g/mol. The lowest BCUT2D eigenvalue weighted by Gasteiger charge is -2.34. The maximum atomic E-state index is 11.4. The number of nitrogens with zero attached hydrogens (tertiary/aromatic N) is 1. The van der Waals surface area contributed by atoms with Crippen LogP contribution in [0.15, 0.2) is 0 Å². The van der Waals surface area contributed by atoms with Crippen LogP contribution in [0.1, 0.15) is 26.7 Å². The molecule has 0 bridgehead atoms. The molecule has 0 aliphatic carbocycles. The Bertz CT molecular complexity index is 256. The number of morpholine rings is 1. The van der Waals surface area contributed by atoms with Gasteiger partial charge in [0.15, 0.2) is 0 Å². The lowest BCUT2D eigenvalue weighted by molar-refractivity contribution is -0.146. The summed E-state index contributed by atoms with van der Waals surface area (Å²) < 4.78 is 10.3. The topological polar surface area (TPSA) is 64.8 Å². The molecule has 0 aromatic heterocycles. The van der Waals surface area contributed by atoms with E-state index in [1.807, 2.05) is 0 Å². The molecular weight excluding hydrogens is 220 g/mol. The summed E-state index contributed by atoms with van der Waals surface area (Å²) in [7, 11) is 1.37. The smallest absolute Gasteiger partial charge is 0.325 e. The fraction of sp³-hybridized carbons (Fsp3) is 0.917. The third-order valence-corrected chi connectivity index (χ3v) is 3.28. The van der Waals surface area contributed by atoms with Crippen LogP contribution >= 0.6 is 0 Å². The predicted octanol–water partition coefficient (Wildman–Crippen LogP) is 0.378. The van der Waals surface area contributed by atoms with E-state index in [9.17, 15) is 4.79 Å². The van der Waals surface area contributed by atoms with Crippen LogP contribution < -0.4 is 5.73 Å². The van der Waals surface area contributed by atoms with E-state index in [2.05, 4.69) is 11.8 Å². The Balaban J connectivity index is 2.37. The highest BCUT2D eigenvalue weighted by Gasteiger charge is 2.30. The maximum Gasteiger partial charge on any atom is 0.325 e. The minimum Gasteiger partial charge on any atom is -0.468 e. The van der Waals surface area contributed by atoms with Gasteiger partial charge in [-0.3, -0.25) is 9.69 Å². The molecule has 2 N–H and O–H groups in total. The van der Waals surface area contributed by atoms with Crippen LogP contribution in [0, 0.1) is 0 Å². The lowest BCUT2D eigenvalue weighted by Crippen LogP contribution is -2.50. The molecule has 1 fully saturated rings. The van der Waals surface area contributed by atoms with Crippen molar-refractivity contribution in [2.24, 2.45) is 5.73 Å². The van der Waals surface area contributed by atoms with Gasteiger partial charge in [-0.05, 0) is 19.8 Å². The normalized spacial score (nSPS) is 25.3.